The van der Waals surface area contributed by atoms with Crippen molar-refractivity contribution in [3.63, 3.8) is 0 Å². The molecule has 2 aromatic rings. The Morgan fingerprint density at radius 3 is 2.90 bits per heavy atom. The van der Waals surface area contributed by atoms with Gasteiger partial charge in [-0.25, -0.2) is 4.98 Å². The Balaban J connectivity index is 2.02. The van der Waals surface area contributed by atoms with E-state index < -0.39 is 0 Å². The molecule has 1 aromatic carbocycles. The molecular formula is C16H20N2O2. The maximum absolute atomic E-state index is 5.67. The van der Waals surface area contributed by atoms with E-state index >= 15 is 0 Å². The summed E-state index contributed by atoms with van der Waals surface area (Å²) in [5.74, 6) is 2.41. The predicted molar refractivity (Wildman–Crippen MR) is 80.3 cm³/mol. The van der Waals surface area contributed by atoms with E-state index in [1.807, 2.05) is 36.4 Å². The molecule has 2 rings (SSSR count). The molecule has 0 spiro atoms. The number of ether oxygens (including phenoxy) is 2. The number of pyridine rings is 1. The van der Waals surface area contributed by atoms with Crippen LogP contribution >= 0.6 is 0 Å². The summed E-state index contributed by atoms with van der Waals surface area (Å²) in [5, 5.41) is 3.30. The van der Waals surface area contributed by atoms with Crippen molar-refractivity contribution in [1.82, 2.24) is 4.98 Å². The maximum atomic E-state index is 5.67. The Morgan fingerprint density at radius 2 is 2.10 bits per heavy atom. The highest BCUT2D eigenvalue weighted by atomic mass is 16.5. The molecule has 0 unspecified atom stereocenters. The van der Waals surface area contributed by atoms with Crippen LogP contribution in [0, 0.1) is 0 Å². The summed E-state index contributed by atoms with van der Waals surface area (Å²) in [7, 11) is 1.67. The quantitative estimate of drug-likeness (QED) is 0.838. The van der Waals surface area contributed by atoms with Gasteiger partial charge in [-0.15, -0.1) is 0 Å². The van der Waals surface area contributed by atoms with E-state index in [-0.39, 0.29) is 0 Å². The molecule has 0 aliphatic rings. The minimum Gasteiger partial charge on any atom is -0.497 e. The van der Waals surface area contributed by atoms with Crippen molar-refractivity contribution in [2.75, 3.05) is 19.0 Å². The van der Waals surface area contributed by atoms with Gasteiger partial charge in [0.05, 0.1) is 13.7 Å². The third-order valence-corrected chi connectivity index (χ3v) is 2.83. The smallest absolute Gasteiger partial charge is 0.169 e. The van der Waals surface area contributed by atoms with Crippen LogP contribution in [-0.4, -0.2) is 18.7 Å². The lowest BCUT2D eigenvalue weighted by Gasteiger charge is -2.12. The zero-order chi connectivity index (χ0) is 14.2. The number of methoxy groups -OCH3 is 1. The lowest BCUT2D eigenvalue weighted by molar-refractivity contribution is 0.318. The van der Waals surface area contributed by atoms with Crippen LogP contribution in [0.15, 0.2) is 42.6 Å². The van der Waals surface area contributed by atoms with Crippen LogP contribution in [0.3, 0.4) is 0 Å². The van der Waals surface area contributed by atoms with Gasteiger partial charge >= 0.3 is 0 Å². The normalized spacial score (nSPS) is 10.1. The maximum Gasteiger partial charge on any atom is 0.169 e. The van der Waals surface area contributed by atoms with E-state index in [9.17, 15) is 0 Å². The van der Waals surface area contributed by atoms with Crippen molar-refractivity contribution in [3.05, 3.63) is 48.2 Å². The molecule has 0 fully saturated rings. The minimum atomic E-state index is 0.677. The van der Waals surface area contributed by atoms with Crippen LogP contribution in [0.5, 0.6) is 11.5 Å². The van der Waals surface area contributed by atoms with Gasteiger partial charge in [-0.3, -0.25) is 0 Å². The van der Waals surface area contributed by atoms with Gasteiger partial charge in [-0.1, -0.05) is 19.1 Å². The number of benzene rings is 1. The minimum absolute atomic E-state index is 0.677. The average Bonchev–Trinajstić information content (AvgIpc) is 2.52. The Kier molecular flexibility index (Phi) is 5.24. The Hall–Kier alpha value is -2.23. The molecule has 1 N–H and O–H groups in total. The van der Waals surface area contributed by atoms with Crippen molar-refractivity contribution in [3.8, 4) is 11.5 Å². The molecule has 0 radical (unpaired) electrons. The summed E-state index contributed by atoms with van der Waals surface area (Å²) in [4.78, 5) is 4.32. The Labute approximate surface area is 119 Å². The second-order valence-corrected chi connectivity index (χ2v) is 4.40. The van der Waals surface area contributed by atoms with E-state index in [1.54, 1.807) is 13.3 Å². The first-order chi connectivity index (χ1) is 9.83. The van der Waals surface area contributed by atoms with E-state index in [0.717, 1.165) is 29.3 Å². The van der Waals surface area contributed by atoms with E-state index in [2.05, 4.69) is 17.2 Å². The molecule has 4 nitrogen and oxygen atoms in total. The van der Waals surface area contributed by atoms with Gasteiger partial charge in [-0.2, -0.15) is 0 Å². The highest BCUT2D eigenvalue weighted by Gasteiger charge is 2.04. The lowest BCUT2D eigenvalue weighted by atomic mass is 10.2. The van der Waals surface area contributed by atoms with Crippen LogP contribution in [0.4, 0.5) is 5.82 Å². The molecule has 0 saturated heterocycles. The Morgan fingerprint density at radius 1 is 1.20 bits per heavy atom. The zero-order valence-electron chi connectivity index (χ0n) is 11.9. The average molecular weight is 272 g/mol. The van der Waals surface area contributed by atoms with Crippen LogP contribution in [0.25, 0.3) is 0 Å². The number of nitrogens with one attached hydrogen (secondary N) is 1. The molecule has 0 atom stereocenters. The topological polar surface area (TPSA) is 43.4 Å². The van der Waals surface area contributed by atoms with Crippen LogP contribution < -0.4 is 14.8 Å². The second kappa shape index (κ2) is 7.38. The Bertz CT molecular complexity index is 544. The molecule has 106 valence electrons. The van der Waals surface area contributed by atoms with Gasteiger partial charge in [0.2, 0.25) is 0 Å². The first-order valence-electron chi connectivity index (χ1n) is 6.78. The molecule has 0 aliphatic carbocycles. The van der Waals surface area contributed by atoms with Crippen molar-refractivity contribution < 1.29 is 9.47 Å². The zero-order valence-corrected chi connectivity index (χ0v) is 11.9. The van der Waals surface area contributed by atoms with Gasteiger partial charge in [0.15, 0.2) is 11.6 Å². The standard InChI is InChI=1S/C16H20N2O2/c1-3-10-20-15-8-5-9-17-16(15)18-12-13-6-4-7-14(11-13)19-2/h4-9,11H,3,10,12H2,1-2H3,(H,17,18). The van der Waals surface area contributed by atoms with Gasteiger partial charge in [0, 0.05) is 12.7 Å². The fourth-order valence-electron chi connectivity index (χ4n) is 1.82. The van der Waals surface area contributed by atoms with Crippen molar-refractivity contribution in [2.45, 2.75) is 19.9 Å². The predicted octanol–water partition coefficient (Wildman–Crippen LogP) is 3.49. The molecule has 0 bridgehead atoms. The molecule has 4 heteroatoms. The third kappa shape index (κ3) is 3.88. The van der Waals surface area contributed by atoms with Crippen LogP contribution in [0.1, 0.15) is 18.9 Å². The number of anilines is 1. The second-order valence-electron chi connectivity index (χ2n) is 4.40. The highest BCUT2D eigenvalue weighted by molar-refractivity contribution is 5.50. The summed E-state index contributed by atoms with van der Waals surface area (Å²) in [6.45, 7) is 3.45. The third-order valence-electron chi connectivity index (χ3n) is 2.83. The van der Waals surface area contributed by atoms with Crippen molar-refractivity contribution in [2.24, 2.45) is 0 Å². The molecule has 1 heterocycles. The summed E-state index contributed by atoms with van der Waals surface area (Å²) in [6.07, 6.45) is 2.73. The summed E-state index contributed by atoms with van der Waals surface area (Å²) < 4.78 is 10.9. The fourth-order valence-corrected chi connectivity index (χ4v) is 1.82. The number of hydrogen-bond acceptors (Lipinski definition) is 4. The van der Waals surface area contributed by atoms with Gasteiger partial charge in [0.25, 0.3) is 0 Å². The lowest BCUT2D eigenvalue weighted by Crippen LogP contribution is -2.05. The monoisotopic (exact) mass is 272 g/mol. The molecule has 1 aromatic heterocycles. The first kappa shape index (κ1) is 14.2. The SMILES string of the molecule is CCCOc1cccnc1NCc1cccc(OC)c1. The van der Waals surface area contributed by atoms with E-state index in [1.165, 1.54) is 0 Å². The van der Waals surface area contributed by atoms with Crippen LogP contribution in [-0.2, 0) is 6.54 Å². The first-order valence-corrected chi connectivity index (χ1v) is 6.78. The molecule has 0 aliphatic heterocycles. The molecule has 0 saturated carbocycles. The number of rotatable bonds is 7. The molecule has 0 amide bonds. The molecular weight excluding hydrogens is 252 g/mol. The summed E-state index contributed by atoms with van der Waals surface area (Å²) in [6, 6.07) is 11.8. The van der Waals surface area contributed by atoms with Gasteiger partial charge in [-0.05, 0) is 36.2 Å². The number of aromatic nitrogens is 1. The van der Waals surface area contributed by atoms with Crippen LogP contribution in [0.2, 0.25) is 0 Å². The highest BCUT2D eigenvalue weighted by Crippen LogP contribution is 2.22. The van der Waals surface area contributed by atoms with E-state index in [0.29, 0.717) is 13.2 Å². The summed E-state index contributed by atoms with van der Waals surface area (Å²) in [5.41, 5.74) is 1.14. The van der Waals surface area contributed by atoms with Gasteiger partial charge in [0.1, 0.15) is 5.75 Å². The van der Waals surface area contributed by atoms with Gasteiger partial charge < -0.3 is 14.8 Å². The van der Waals surface area contributed by atoms with E-state index in [4.69, 9.17) is 9.47 Å². The number of hydrogen-bond donors (Lipinski definition) is 1. The van der Waals surface area contributed by atoms with Crippen molar-refractivity contribution >= 4 is 5.82 Å². The summed E-state index contributed by atoms with van der Waals surface area (Å²) >= 11 is 0. The fraction of sp³-hybridized carbons (Fsp3) is 0.312. The number of nitrogens with zero attached hydrogens (tertiary/aromatic N) is 1. The van der Waals surface area contributed by atoms with Crippen molar-refractivity contribution in [1.29, 1.82) is 0 Å². The molecule has 20 heavy (non-hydrogen) atoms. The largest absolute Gasteiger partial charge is 0.497 e.